The van der Waals surface area contributed by atoms with Crippen molar-refractivity contribution in [2.45, 2.75) is 0 Å². The van der Waals surface area contributed by atoms with E-state index >= 15 is 0 Å². The molecule has 0 amide bonds. The minimum absolute atomic E-state index is 0.201. The van der Waals surface area contributed by atoms with Gasteiger partial charge in [0, 0.05) is 17.3 Å². The van der Waals surface area contributed by atoms with Crippen molar-refractivity contribution < 1.29 is 10.2 Å². The third-order valence-electron chi connectivity index (χ3n) is 3.78. The van der Waals surface area contributed by atoms with Crippen LogP contribution in [-0.2, 0) is 0 Å². The molecule has 0 radical (unpaired) electrons. The number of fused-ring (bicyclic) bond motifs is 1. The highest BCUT2D eigenvalue weighted by molar-refractivity contribution is 5.84. The van der Waals surface area contributed by atoms with Crippen LogP contribution >= 0.6 is 0 Å². The molecule has 0 unspecified atom stereocenters. The highest BCUT2D eigenvalue weighted by Gasteiger charge is 2.14. The van der Waals surface area contributed by atoms with Gasteiger partial charge in [0.25, 0.3) is 0 Å². The van der Waals surface area contributed by atoms with E-state index in [0.29, 0.717) is 0 Å². The first kappa shape index (κ1) is 13.4. The summed E-state index contributed by atoms with van der Waals surface area (Å²) < 4.78 is 2.00. The lowest BCUT2D eigenvalue weighted by molar-refractivity contribution is 0.475. The van der Waals surface area contributed by atoms with Crippen LogP contribution in [0.2, 0.25) is 0 Å². The molecule has 4 aromatic rings. The van der Waals surface area contributed by atoms with Gasteiger partial charge in [0.05, 0.1) is 11.0 Å². The fourth-order valence-electron chi connectivity index (χ4n) is 2.71. The van der Waals surface area contributed by atoms with E-state index in [1.54, 1.807) is 30.3 Å². The van der Waals surface area contributed by atoms with E-state index in [-0.39, 0.29) is 11.5 Å². The molecule has 1 aromatic heterocycles. The Morgan fingerprint density at radius 2 is 1.43 bits per heavy atom. The number of nitrogens with zero attached hydrogens (tertiary/aromatic N) is 2. The smallest absolute Gasteiger partial charge is 0.145 e. The van der Waals surface area contributed by atoms with Gasteiger partial charge in [0.15, 0.2) is 0 Å². The fourth-order valence-corrected chi connectivity index (χ4v) is 2.71. The maximum atomic E-state index is 9.84. The monoisotopic (exact) mass is 302 g/mol. The van der Waals surface area contributed by atoms with E-state index in [4.69, 9.17) is 4.98 Å². The molecule has 3 aromatic carbocycles. The highest BCUT2D eigenvalue weighted by atomic mass is 16.3. The standard InChI is InChI=1S/C19H14N2O2/c22-15-8-6-13(7-9-15)19-20-17-11-10-16(23)12-18(17)21(19)14-4-2-1-3-5-14/h1-12,22-23H. The minimum Gasteiger partial charge on any atom is -0.508 e. The van der Waals surface area contributed by atoms with E-state index in [2.05, 4.69) is 0 Å². The maximum absolute atomic E-state index is 9.84. The Kier molecular flexibility index (Phi) is 3.01. The van der Waals surface area contributed by atoms with Crippen LogP contribution in [0.25, 0.3) is 28.1 Å². The van der Waals surface area contributed by atoms with Crippen LogP contribution < -0.4 is 0 Å². The molecular formula is C19H14N2O2. The summed E-state index contributed by atoms with van der Waals surface area (Å²) in [7, 11) is 0. The Labute approximate surface area is 132 Å². The molecular weight excluding hydrogens is 288 g/mol. The summed E-state index contributed by atoms with van der Waals surface area (Å²) in [5.74, 6) is 1.18. The van der Waals surface area contributed by atoms with Crippen LogP contribution in [0, 0.1) is 0 Å². The lowest BCUT2D eigenvalue weighted by Gasteiger charge is -2.09. The normalized spacial score (nSPS) is 11.0. The number of phenolic OH excluding ortho intramolecular Hbond substituents is 2. The average Bonchev–Trinajstić information content (AvgIpc) is 2.95. The van der Waals surface area contributed by atoms with E-state index in [1.165, 1.54) is 0 Å². The number of imidazole rings is 1. The zero-order chi connectivity index (χ0) is 15.8. The number of hydrogen-bond acceptors (Lipinski definition) is 3. The van der Waals surface area contributed by atoms with Crippen molar-refractivity contribution in [3.63, 3.8) is 0 Å². The van der Waals surface area contributed by atoms with Crippen molar-refractivity contribution in [3.05, 3.63) is 72.8 Å². The van der Waals surface area contributed by atoms with Crippen LogP contribution in [-0.4, -0.2) is 19.8 Å². The van der Waals surface area contributed by atoms with Gasteiger partial charge in [-0.25, -0.2) is 4.98 Å². The second kappa shape index (κ2) is 5.18. The van der Waals surface area contributed by atoms with Crippen molar-refractivity contribution >= 4 is 11.0 Å². The van der Waals surface area contributed by atoms with Gasteiger partial charge in [-0.15, -0.1) is 0 Å². The summed E-state index contributed by atoms with van der Waals surface area (Å²) in [6, 6.07) is 22.0. The molecule has 0 bridgehead atoms. The molecule has 0 aliphatic rings. The zero-order valence-electron chi connectivity index (χ0n) is 12.2. The lowest BCUT2D eigenvalue weighted by Crippen LogP contribution is -1.97. The van der Waals surface area contributed by atoms with Crippen molar-refractivity contribution in [1.29, 1.82) is 0 Å². The van der Waals surface area contributed by atoms with Gasteiger partial charge in [0.1, 0.15) is 17.3 Å². The summed E-state index contributed by atoms with van der Waals surface area (Å²) in [6.45, 7) is 0. The van der Waals surface area contributed by atoms with Gasteiger partial charge in [0.2, 0.25) is 0 Å². The topological polar surface area (TPSA) is 58.3 Å². The Morgan fingerprint density at radius 1 is 0.739 bits per heavy atom. The second-order valence-corrected chi connectivity index (χ2v) is 5.33. The molecule has 23 heavy (non-hydrogen) atoms. The molecule has 0 fully saturated rings. The molecule has 1 heterocycles. The largest absolute Gasteiger partial charge is 0.508 e. The molecule has 4 heteroatoms. The highest BCUT2D eigenvalue weighted by Crippen LogP contribution is 2.31. The summed E-state index contributed by atoms with van der Waals surface area (Å²) in [6.07, 6.45) is 0. The number of hydrogen-bond donors (Lipinski definition) is 2. The quantitative estimate of drug-likeness (QED) is 0.586. The predicted molar refractivity (Wildman–Crippen MR) is 89.8 cm³/mol. The first-order chi connectivity index (χ1) is 11.2. The van der Waals surface area contributed by atoms with Crippen molar-refractivity contribution in [2.24, 2.45) is 0 Å². The molecule has 112 valence electrons. The van der Waals surface area contributed by atoms with Crippen molar-refractivity contribution in [1.82, 2.24) is 9.55 Å². The number of aromatic nitrogens is 2. The number of para-hydroxylation sites is 1. The molecule has 0 saturated carbocycles. The molecule has 0 atom stereocenters. The number of benzene rings is 3. The van der Waals surface area contributed by atoms with E-state index in [0.717, 1.165) is 28.1 Å². The Balaban J connectivity index is 2.05. The van der Waals surface area contributed by atoms with Gasteiger partial charge in [-0.05, 0) is 48.5 Å². The molecule has 2 N–H and O–H groups in total. The lowest BCUT2D eigenvalue weighted by atomic mass is 10.2. The molecule has 0 aliphatic carbocycles. The van der Waals surface area contributed by atoms with Crippen molar-refractivity contribution in [2.75, 3.05) is 0 Å². The Bertz CT molecular complexity index is 974. The zero-order valence-corrected chi connectivity index (χ0v) is 12.2. The average molecular weight is 302 g/mol. The molecule has 4 rings (SSSR count). The minimum atomic E-state index is 0.201. The van der Waals surface area contributed by atoms with Gasteiger partial charge >= 0.3 is 0 Å². The number of phenols is 2. The number of rotatable bonds is 2. The van der Waals surface area contributed by atoms with Crippen LogP contribution in [0.3, 0.4) is 0 Å². The third kappa shape index (κ3) is 2.30. The number of aromatic hydroxyl groups is 2. The van der Waals surface area contributed by atoms with E-state index < -0.39 is 0 Å². The van der Waals surface area contributed by atoms with Crippen LogP contribution in [0.15, 0.2) is 72.8 Å². The summed E-state index contributed by atoms with van der Waals surface area (Å²) in [5.41, 5.74) is 3.49. The van der Waals surface area contributed by atoms with Gasteiger partial charge < -0.3 is 10.2 Å². The van der Waals surface area contributed by atoms with E-state index in [1.807, 2.05) is 47.0 Å². The Morgan fingerprint density at radius 3 is 2.17 bits per heavy atom. The molecule has 4 nitrogen and oxygen atoms in total. The van der Waals surface area contributed by atoms with Crippen LogP contribution in [0.5, 0.6) is 11.5 Å². The summed E-state index contributed by atoms with van der Waals surface area (Å²) in [5, 5.41) is 19.3. The molecule has 0 saturated heterocycles. The van der Waals surface area contributed by atoms with Gasteiger partial charge in [-0.3, -0.25) is 4.57 Å². The summed E-state index contributed by atoms with van der Waals surface area (Å²) in [4.78, 5) is 4.70. The van der Waals surface area contributed by atoms with Gasteiger partial charge in [-0.2, -0.15) is 0 Å². The molecule has 0 aliphatic heterocycles. The van der Waals surface area contributed by atoms with E-state index in [9.17, 15) is 10.2 Å². The summed E-state index contributed by atoms with van der Waals surface area (Å²) >= 11 is 0. The second-order valence-electron chi connectivity index (χ2n) is 5.33. The van der Waals surface area contributed by atoms with Crippen molar-refractivity contribution in [3.8, 4) is 28.6 Å². The SMILES string of the molecule is Oc1ccc(-c2nc3ccc(O)cc3n2-c2ccccc2)cc1. The third-order valence-corrected chi connectivity index (χ3v) is 3.78. The Hall–Kier alpha value is -3.27. The first-order valence-corrected chi connectivity index (χ1v) is 7.29. The van der Waals surface area contributed by atoms with Crippen LogP contribution in [0.1, 0.15) is 0 Å². The maximum Gasteiger partial charge on any atom is 0.145 e. The fraction of sp³-hybridized carbons (Fsp3) is 0. The van der Waals surface area contributed by atoms with Gasteiger partial charge in [-0.1, -0.05) is 18.2 Å². The molecule has 0 spiro atoms. The predicted octanol–water partition coefficient (Wildman–Crippen LogP) is 4.10. The van der Waals surface area contributed by atoms with Crippen LogP contribution in [0.4, 0.5) is 0 Å². The first-order valence-electron chi connectivity index (χ1n) is 7.29.